The van der Waals surface area contributed by atoms with Gasteiger partial charge in [0.05, 0.1) is 15.5 Å². The molecule has 7 nitrogen and oxygen atoms in total. The third-order valence-corrected chi connectivity index (χ3v) is 4.65. The lowest BCUT2D eigenvalue weighted by Gasteiger charge is -2.10. The molecule has 2 aromatic carbocycles. The molecule has 0 saturated heterocycles. The highest BCUT2D eigenvalue weighted by Crippen LogP contribution is 2.27. The number of anilines is 2. The van der Waals surface area contributed by atoms with E-state index in [1.165, 1.54) is 18.2 Å². The van der Waals surface area contributed by atoms with Crippen molar-refractivity contribution in [2.24, 2.45) is 0 Å². The van der Waals surface area contributed by atoms with Gasteiger partial charge in [0.15, 0.2) is 0 Å². The van der Waals surface area contributed by atoms with Crippen molar-refractivity contribution in [1.82, 2.24) is 0 Å². The molecule has 2 rings (SSSR count). The maximum absolute atomic E-state index is 12.3. The average molecular weight is 321 g/mol. The van der Waals surface area contributed by atoms with Crippen LogP contribution in [0.1, 0.15) is 11.1 Å². The van der Waals surface area contributed by atoms with Gasteiger partial charge in [0, 0.05) is 6.07 Å². The maximum atomic E-state index is 12.3. The molecule has 0 aromatic heterocycles. The van der Waals surface area contributed by atoms with Crippen LogP contribution < -0.4 is 10.5 Å². The summed E-state index contributed by atoms with van der Waals surface area (Å²) in [5.41, 5.74) is 7.00. The van der Waals surface area contributed by atoms with Crippen LogP contribution in [0.25, 0.3) is 0 Å². The van der Waals surface area contributed by atoms with Gasteiger partial charge in [0.1, 0.15) is 5.69 Å². The van der Waals surface area contributed by atoms with Crippen LogP contribution in [0.15, 0.2) is 41.3 Å². The Hall–Kier alpha value is -2.61. The predicted molar refractivity (Wildman–Crippen MR) is 84.2 cm³/mol. The number of nitrogen functional groups attached to an aromatic ring is 1. The molecule has 0 bridgehead atoms. The Labute approximate surface area is 128 Å². The van der Waals surface area contributed by atoms with E-state index >= 15 is 0 Å². The number of nitrogens with two attached hydrogens (primary N) is 1. The first kappa shape index (κ1) is 15.8. The van der Waals surface area contributed by atoms with E-state index in [9.17, 15) is 18.5 Å². The average Bonchev–Trinajstić information content (AvgIpc) is 2.43. The first-order valence-corrected chi connectivity index (χ1v) is 7.83. The van der Waals surface area contributed by atoms with E-state index < -0.39 is 14.9 Å². The Bertz CT molecular complexity index is 847. The molecule has 0 radical (unpaired) electrons. The van der Waals surface area contributed by atoms with Crippen LogP contribution in [0.5, 0.6) is 0 Å². The largest absolute Gasteiger partial charge is 0.393 e. The van der Waals surface area contributed by atoms with Crippen LogP contribution in [0.3, 0.4) is 0 Å². The first-order chi connectivity index (χ1) is 10.2. The van der Waals surface area contributed by atoms with Crippen LogP contribution in [0.4, 0.5) is 17.1 Å². The molecule has 0 unspecified atom stereocenters. The molecule has 3 N–H and O–H groups in total. The Balaban J connectivity index is 2.38. The predicted octanol–water partition coefficient (Wildman–Crippen LogP) is 2.59. The molecule has 8 heteroatoms. The third-order valence-electron chi connectivity index (χ3n) is 3.27. The van der Waals surface area contributed by atoms with Crippen molar-refractivity contribution in [3.63, 3.8) is 0 Å². The van der Waals surface area contributed by atoms with Gasteiger partial charge in [0.2, 0.25) is 0 Å². The van der Waals surface area contributed by atoms with Crippen molar-refractivity contribution in [1.29, 1.82) is 0 Å². The minimum absolute atomic E-state index is 0.0286. The normalized spacial score (nSPS) is 11.2. The van der Waals surface area contributed by atoms with Crippen LogP contribution in [0.2, 0.25) is 0 Å². The fourth-order valence-electron chi connectivity index (χ4n) is 1.86. The van der Waals surface area contributed by atoms with Crippen molar-refractivity contribution in [3.05, 3.63) is 57.6 Å². The van der Waals surface area contributed by atoms with E-state index in [1.54, 1.807) is 12.1 Å². The number of sulfonamides is 1. The fourth-order valence-corrected chi connectivity index (χ4v) is 2.99. The van der Waals surface area contributed by atoms with Gasteiger partial charge in [-0.25, -0.2) is 8.42 Å². The molecule has 0 heterocycles. The molecule has 0 aliphatic heterocycles. The minimum atomic E-state index is -3.82. The van der Waals surface area contributed by atoms with Crippen LogP contribution in [-0.2, 0) is 10.0 Å². The summed E-state index contributed by atoms with van der Waals surface area (Å²) < 4.78 is 27.0. The summed E-state index contributed by atoms with van der Waals surface area (Å²) in [6.45, 7) is 3.69. The van der Waals surface area contributed by atoms with Gasteiger partial charge < -0.3 is 5.73 Å². The Morgan fingerprint density at radius 2 is 1.77 bits per heavy atom. The number of hydrogen-bond donors (Lipinski definition) is 2. The second-order valence-corrected chi connectivity index (χ2v) is 6.56. The van der Waals surface area contributed by atoms with Crippen molar-refractivity contribution in [2.45, 2.75) is 18.7 Å². The lowest BCUT2D eigenvalue weighted by Crippen LogP contribution is -2.13. The van der Waals surface area contributed by atoms with Gasteiger partial charge in [-0.05, 0) is 49.2 Å². The monoisotopic (exact) mass is 321 g/mol. The topological polar surface area (TPSA) is 115 Å². The Kier molecular flexibility index (Phi) is 4.05. The zero-order chi connectivity index (χ0) is 16.5. The number of rotatable bonds is 4. The highest BCUT2D eigenvalue weighted by Gasteiger charge is 2.18. The number of nitro benzene ring substituents is 1. The molecule has 0 atom stereocenters. The van der Waals surface area contributed by atoms with E-state index in [1.807, 2.05) is 13.8 Å². The zero-order valence-corrected chi connectivity index (χ0v) is 12.8. The number of nitro groups is 1. The first-order valence-electron chi connectivity index (χ1n) is 6.35. The molecule has 116 valence electrons. The molecule has 2 aromatic rings. The highest BCUT2D eigenvalue weighted by atomic mass is 32.2. The summed E-state index contributed by atoms with van der Waals surface area (Å²) in [6, 6.07) is 8.49. The van der Waals surface area contributed by atoms with E-state index in [0.717, 1.165) is 17.2 Å². The summed E-state index contributed by atoms with van der Waals surface area (Å²) in [5.74, 6) is 0. The lowest BCUT2D eigenvalue weighted by molar-refractivity contribution is -0.383. The number of benzene rings is 2. The Morgan fingerprint density at radius 1 is 1.09 bits per heavy atom. The number of nitrogens with zero attached hydrogens (tertiary/aromatic N) is 1. The highest BCUT2D eigenvalue weighted by molar-refractivity contribution is 7.92. The van der Waals surface area contributed by atoms with Gasteiger partial charge in [-0.15, -0.1) is 0 Å². The second kappa shape index (κ2) is 5.64. The molecule has 0 fully saturated rings. The zero-order valence-electron chi connectivity index (χ0n) is 12.0. The van der Waals surface area contributed by atoms with Gasteiger partial charge in [-0.2, -0.15) is 0 Å². The SMILES string of the molecule is Cc1ccc(S(=O)(=O)Nc2ccc(N)c([N+](=O)[O-])c2)cc1C. The number of hydrogen-bond acceptors (Lipinski definition) is 5. The molecule has 0 aliphatic rings. The molecular weight excluding hydrogens is 306 g/mol. The summed E-state index contributed by atoms with van der Waals surface area (Å²) in [4.78, 5) is 10.3. The maximum Gasteiger partial charge on any atom is 0.294 e. The van der Waals surface area contributed by atoms with Crippen LogP contribution in [-0.4, -0.2) is 13.3 Å². The van der Waals surface area contributed by atoms with Gasteiger partial charge in [-0.3, -0.25) is 14.8 Å². The third kappa shape index (κ3) is 3.17. The van der Waals surface area contributed by atoms with Crippen molar-refractivity contribution < 1.29 is 13.3 Å². The number of nitrogens with one attached hydrogen (secondary N) is 1. The standard InChI is InChI=1S/C14H15N3O4S/c1-9-3-5-12(7-10(9)2)22(20,21)16-11-4-6-13(15)14(8-11)17(18)19/h3-8,16H,15H2,1-2H3. The quantitative estimate of drug-likeness (QED) is 0.510. The molecule has 22 heavy (non-hydrogen) atoms. The lowest BCUT2D eigenvalue weighted by atomic mass is 10.1. The molecule has 0 aliphatic carbocycles. The number of aryl methyl sites for hydroxylation is 2. The fraction of sp³-hybridized carbons (Fsp3) is 0.143. The molecule has 0 spiro atoms. The van der Waals surface area contributed by atoms with E-state index in [4.69, 9.17) is 5.73 Å². The molecular formula is C14H15N3O4S. The minimum Gasteiger partial charge on any atom is -0.393 e. The second-order valence-electron chi connectivity index (χ2n) is 4.88. The van der Waals surface area contributed by atoms with Crippen molar-refractivity contribution in [2.75, 3.05) is 10.5 Å². The Morgan fingerprint density at radius 3 is 2.36 bits per heavy atom. The van der Waals surface area contributed by atoms with Crippen molar-refractivity contribution >= 4 is 27.1 Å². The van der Waals surface area contributed by atoms with Crippen LogP contribution >= 0.6 is 0 Å². The van der Waals surface area contributed by atoms with Gasteiger partial charge >= 0.3 is 0 Å². The summed E-state index contributed by atoms with van der Waals surface area (Å²) in [5, 5.41) is 10.8. The summed E-state index contributed by atoms with van der Waals surface area (Å²) in [7, 11) is -3.82. The van der Waals surface area contributed by atoms with E-state index in [2.05, 4.69) is 4.72 Å². The smallest absolute Gasteiger partial charge is 0.294 e. The molecule has 0 saturated carbocycles. The van der Waals surface area contributed by atoms with Crippen molar-refractivity contribution in [3.8, 4) is 0 Å². The van der Waals surface area contributed by atoms with Gasteiger partial charge in [-0.1, -0.05) is 6.07 Å². The van der Waals surface area contributed by atoms with Crippen LogP contribution in [0, 0.1) is 24.0 Å². The van der Waals surface area contributed by atoms with E-state index in [-0.39, 0.29) is 22.0 Å². The van der Waals surface area contributed by atoms with E-state index in [0.29, 0.717) is 0 Å². The molecule has 0 amide bonds. The summed E-state index contributed by atoms with van der Waals surface area (Å²) in [6.07, 6.45) is 0. The van der Waals surface area contributed by atoms with Gasteiger partial charge in [0.25, 0.3) is 15.7 Å². The summed E-state index contributed by atoms with van der Waals surface area (Å²) >= 11 is 0.